The van der Waals surface area contributed by atoms with Crippen molar-refractivity contribution in [2.45, 2.75) is 51.3 Å². The van der Waals surface area contributed by atoms with Gasteiger partial charge in [0.15, 0.2) is 0 Å². The van der Waals surface area contributed by atoms with Gasteiger partial charge in [0.2, 0.25) is 0 Å². The molecule has 0 atom stereocenters. The van der Waals surface area contributed by atoms with E-state index in [2.05, 4.69) is 14.2 Å². The summed E-state index contributed by atoms with van der Waals surface area (Å²) in [5.41, 5.74) is 0. The number of rotatable bonds is 3. The molecule has 10 nitrogen and oxygen atoms in total. The van der Waals surface area contributed by atoms with Crippen LogP contribution in [0.2, 0.25) is 0 Å². The van der Waals surface area contributed by atoms with Gasteiger partial charge in [0.25, 0.3) is 0 Å². The van der Waals surface area contributed by atoms with Crippen molar-refractivity contribution in [2.24, 2.45) is 0 Å². The SMILES string of the molecule is O=C1CCC(=O)O1.[2H]C([2H])(O)CC([2H])([2H])C(=O)[O-].[2H]C1([2H])CC([2H])([2H])C(=O)O1.[2H]C1([2H])CCC(=O)O1.[Na+]. The monoisotopic (exact) mass is 408 g/mol. The van der Waals surface area contributed by atoms with Gasteiger partial charge in [-0.2, -0.15) is 0 Å². The third-order valence-electron chi connectivity index (χ3n) is 2.16. The molecule has 11 heteroatoms. The second kappa shape index (κ2) is 17.9. The maximum absolute atomic E-state index is 10.5. The summed E-state index contributed by atoms with van der Waals surface area (Å²) in [7, 11) is 0. The maximum atomic E-state index is 10.5. The van der Waals surface area contributed by atoms with Gasteiger partial charge in [0.05, 0.1) is 34.2 Å². The molecule has 0 spiro atoms. The Kier molecular flexibility index (Phi) is 9.05. The number of aliphatic carboxylic acids is 1. The van der Waals surface area contributed by atoms with Crippen molar-refractivity contribution in [3.63, 3.8) is 0 Å². The average Bonchev–Trinajstić information content (AvgIpc) is 3.21. The summed E-state index contributed by atoms with van der Waals surface area (Å²) in [6.45, 7) is -6.64. The number of carbonyl (C=O) groups excluding carboxylic acids is 5. The first kappa shape index (κ1) is 13.6. The normalized spacial score (nSPS) is 28.9. The van der Waals surface area contributed by atoms with E-state index in [1.54, 1.807) is 0 Å². The molecule has 3 heterocycles. The van der Waals surface area contributed by atoms with Crippen LogP contribution in [-0.4, -0.2) is 54.6 Å². The van der Waals surface area contributed by atoms with Crippen molar-refractivity contribution in [3.05, 3.63) is 0 Å². The molecule has 0 bridgehead atoms. The van der Waals surface area contributed by atoms with Crippen LogP contribution >= 0.6 is 0 Å². The summed E-state index contributed by atoms with van der Waals surface area (Å²) in [5.74, 6) is -4.38. The topological polar surface area (TPSA) is 156 Å². The van der Waals surface area contributed by atoms with Crippen LogP contribution in [0.3, 0.4) is 0 Å². The fourth-order valence-corrected chi connectivity index (χ4v) is 1.13. The molecule has 0 amide bonds. The number of hydrogen-bond acceptors (Lipinski definition) is 10. The Morgan fingerprint density at radius 2 is 1.56 bits per heavy atom. The molecule has 3 aliphatic rings. The Morgan fingerprint density at radius 3 is 1.70 bits per heavy atom. The molecule has 0 saturated carbocycles. The molecule has 0 aliphatic carbocycles. The van der Waals surface area contributed by atoms with E-state index < -0.39 is 75.1 Å². The molecule has 0 aromatic carbocycles. The van der Waals surface area contributed by atoms with Gasteiger partial charge in [-0.1, -0.05) is 0 Å². The first-order valence-electron chi connectivity index (χ1n) is 12.0. The van der Waals surface area contributed by atoms with E-state index >= 15 is 0 Å². The molecule has 0 unspecified atom stereocenters. The number of hydrogen-bond donors (Lipinski definition) is 1. The number of cyclic esters (lactones) is 4. The van der Waals surface area contributed by atoms with Crippen LogP contribution in [0.1, 0.15) is 65.0 Å². The summed E-state index contributed by atoms with van der Waals surface area (Å²) < 4.78 is 79.8. The van der Waals surface area contributed by atoms with Crippen molar-refractivity contribution >= 4 is 29.8 Å². The minimum absolute atomic E-state index is 0. The van der Waals surface area contributed by atoms with E-state index in [4.69, 9.17) is 18.8 Å². The fraction of sp³-hybridized carbons (Fsp3) is 0.688. The van der Waals surface area contributed by atoms with E-state index in [0.717, 1.165) is 0 Å². The summed E-state index contributed by atoms with van der Waals surface area (Å²) in [6.07, 6.45) is -5.70. The minimum Gasteiger partial charge on any atom is -0.550 e. The zero-order valence-electron chi connectivity index (χ0n) is 24.4. The van der Waals surface area contributed by atoms with Gasteiger partial charge in [-0.3, -0.25) is 19.2 Å². The Hall–Kier alpha value is -1.49. The van der Waals surface area contributed by atoms with Crippen molar-refractivity contribution in [1.29, 1.82) is 0 Å². The molecule has 0 radical (unpaired) electrons. The zero-order chi connectivity index (χ0) is 28.8. The third-order valence-corrected chi connectivity index (χ3v) is 2.16. The number of aliphatic hydroxyl groups is 1. The molecule has 27 heavy (non-hydrogen) atoms. The van der Waals surface area contributed by atoms with E-state index in [-0.39, 0.29) is 55.2 Å². The predicted molar refractivity (Wildman–Crippen MR) is 82.0 cm³/mol. The summed E-state index contributed by atoms with van der Waals surface area (Å²) in [5, 5.41) is 18.3. The van der Waals surface area contributed by atoms with Crippen molar-refractivity contribution in [1.82, 2.24) is 0 Å². The molecule has 148 valence electrons. The molecule has 3 rings (SSSR count). The van der Waals surface area contributed by atoms with Crippen LogP contribution in [0.4, 0.5) is 0 Å². The van der Waals surface area contributed by atoms with Gasteiger partial charge in [-0.25, -0.2) is 0 Å². The fourth-order valence-electron chi connectivity index (χ4n) is 1.13. The molecule has 3 fully saturated rings. The molecular weight excluding hydrogens is 375 g/mol. The van der Waals surface area contributed by atoms with Gasteiger partial charge in [0.1, 0.15) is 0 Å². The largest absolute Gasteiger partial charge is 1.00 e. The Bertz CT molecular complexity index is 846. The molecular formula is C16H23NaO10. The van der Waals surface area contributed by atoms with Gasteiger partial charge in [-0.15, -0.1) is 0 Å². The first-order chi connectivity index (χ1) is 15.9. The predicted octanol–water partition coefficient (Wildman–Crippen LogP) is -3.99. The second-order valence-corrected chi connectivity index (χ2v) is 4.15. The van der Waals surface area contributed by atoms with E-state index in [1.807, 2.05) is 0 Å². The number of esters is 4. The smallest absolute Gasteiger partial charge is 0.550 e. The van der Waals surface area contributed by atoms with Crippen LogP contribution in [0.25, 0.3) is 0 Å². The van der Waals surface area contributed by atoms with Gasteiger partial charge in [0, 0.05) is 30.8 Å². The molecule has 3 saturated heterocycles. The minimum atomic E-state index is -2.84. The van der Waals surface area contributed by atoms with E-state index in [0.29, 0.717) is 0 Å². The molecule has 1 N–H and O–H groups in total. The number of carbonyl (C=O) groups is 5. The molecule has 3 aliphatic heterocycles. The second-order valence-electron chi connectivity index (χ2n) is 4.15. The van der Waals surface area contributed by atoms with Crippen molar-refractivity contribution in [2.75, 3.05) is 19.7 Å². The number of ether oxygens (including phenoxy) is 3. The van der Waals surface area contributed by atoms with Gasteiger partial charge in [-0.05, 0) is 25.6 Å². The van der Waals surface area contributed by atoms with Crippen molar-refractivity contribution in [3.8, 4) is 0 Å². The standard InChI is InChI=1S/C4H4O3.C4H8O3.2C4H6O2.Na/c5-3-1-2-4(6)7-3;5-3-1-2-4(6)7;2*5-4-2-1-3-6-4;/h1-2H2;5H,1-3H2,(H,6,7);2*1-3H2;/q;;;;+1/p-1/i;2*2D2,3D2;3D2;. The van der Waals surface area contributed by atoms with Crippen LogP contribution in [-0.2, 0) is 38.2 Å². The summed E-state index contributed by atoms with van der Waals surface area (Å²) in [6, 6.07) is 0. The van der Waals surface area contributed by atoms with Crippen molar-refractivity contribution < 1.29 is 91.7 Å². The van der Waals surface area contributed by atoms with Gasteiger partial charge >= 0.3 is 53.4 Å². The summed E-state index contributed by atoms with van der Waals surface area (Å²) in [4.78, 5) is 50.6. The van der Waals surface area contributed by atoms with Crippen LogP contribution < -0.4 is 34.7 Å². The number of carboxylic acids is 1. The Labute approximate surface area is 192 Å². The van der Waals surface area contributed by atoms with Crippen LogP contribution in [0.5, 0.6) is 0 Å². The molecule has 0 aromatic heterocycles. The first-order valence-corrected chi connectivity index (χ1v) is 7.00. The van der Waals surface area contributed by atoms with E-state index in [1.165, 1.54) is 0 Å². The quantitative estimate of drug-likeness (QED) is 0.211. The molecule has 0 aromatic rings. The van der Waals surface area contributed by atoms with Crippen LogP contribution in [0.15, 0.2) is 0 Å². The van der Waals surface area contributed by atoms with Crippen LogP contribution in [0, 0.1) is 0 Å². The number of carboxylic acid groups (broad SMARTS) is 1. The average molecular weight is 408 g/mol. The third kappa shape index (κ3) is 19.1. The Morgan fingerprint density at radius 1 is 1.00 bits per heavy atom. The summed E-state index contributed by atoms with van der Waals surface area (Å²) >= 11 is 0. The van der Waals surface area contributed by atoms with Gasteiger partial charge < -0.3 is 29.2 Å². The zero-order valence-corrected chi connectivity index (χ0v) is 16.4. The van der Waals surface area contributed by atoms with E-state index in [9.17, 15) is 29.1 Å². The Balaban J connectivity index is 0. The maximum Gasteiger partial charge on any atom is 1.00 e.